The summed E-state index contributed by atoms with van der Waals surface area (Å²) in [6.07, 6.45) is 0.594. The van der Waals surface area contributed by atoms with Crippen molar-refractivity contribution in [1.82, 2.24) is 15.5 Å². The number of nitrogens with one attached hydrogen (secondary N) is 1. The molecule has 1 aromatic carbocycles. The third-order valence-corrected chi connectivity index (χ3v) is 3.26. The fraction of sp³-hybridized carbons (Fsp3) is 0.375. The third kappa shape index (κ3) is 5.00. The number of hydrogen-bond acceptors (Lipinski definition) is 6. The monoisotopic (exact) mass is 316 g/mol. The lowest BCUT2D eigenvalue weighted by Crippen LogP contribution is -2.28. The standard InChI is InChI=1S/C16H20N4O3/c1-10(21)7-15-19-20-16(23-15)14(18-11(2)22)8-12-3-5-13(9-17)6-4-12/h3-6,14H,7-9,17H2,1-2H3,(H,18,22)/t14-/m0/s1. The van der Waals surface area contributed by atoms with Crippen molar-refractivity contribution in [3.63, 3.8) is 0 Å². The molecule has 23 heavy (non-hydrogen) atoms. The number of carbonyl (C=O) groups is 2. The number of rotatable bonds is 7. The molecule has 1 aromatic heterocycles. The molecule has 0 aliphatic rings. The molecule has 0 unspecified atom stereocenters. The molecule has 0 fully saturated rings. The van der Waals surface area contributed by atoms with Crippen molar-refractivity contribution in [2.24, 2.45) is 5.73 Å². The Labute approximate surface area is 134 Å². The van der Waals surface area contributed by atoms with Crippen molar-refractivity contribution in [2.45, 2.75) is 39.3 Å². The van der Waals surface area contributed by atoms with Crippen LogP contribution in [0.5, 0.6) is 0 Å². The van der Waals surface area contributed by atoms with Crippen LogP contribution in [0.25, 0.3) is 0 Å². The first-order valence-electron chi connectivity index (χ1n) is 7.34. The smallest absolute Gasteiger partial charge is 0.239 e. The Hall–Kier alpha value is -2.54. The van der Waals surface area contributed by atoms with Gasteiger partial charge in [-0.2, -0.15) is 0 Å². The summed E-state index contributed by atoms with van der Waals surface area (Å²) in [6, 6.07) is 7.34. The van der Waals surface area contributed by atoms with Gasteiger partial charge in [-0.15, -0.1) is 10.2 Å². The van der Waals surface area contributed by atoms with Crippen LogP contribution in [0, 0.1) is 0 Å². The maximum absolute atomic E-state index is 11.4. The fourth-order valence-corrected chi connectivity index (χ4v) is 2.18. The van der Waals surface area contributed by atoms with Gasteiger partial charge in [0.05, 0.1) is 6.42 Å². The summed E-state index contributed by atoms with van der Waals surface area (Å²) in [5.74, 6) is 0.286. The third-order valence-electron chi connectivity index (χ3n) is 3.26. The van der Waals surface area contributed by atoms with E-state index >= 15 is 0 Å². The van der Waals surface area contributed by atoms with Crippen molar-refractivity contribution >= 4 is 11.7 Å². The first-order chi connectivity index (χ1) is 11.0. The van der Waals surface area contributed by atoms with Gasteiger partial charge in [0, 0.05) is 19.9 Å². The second-order valence-electron chi connectivity index (χ2n) is 5.39. The number of nitrogens with two attached hydrogens (primary N) is 1. The molecule has 0 saturated heterocycles. The Morgan fingerprint density at radius 1 is 1.17 bits per heavy atom. The van der Waals surface area contributed by atoms with E-state index in [9.17, 15) is 9.59 Å². The Morgan fingerprint density at radius 3 is 2.39 bits per heavy atom. The van der Waals surface area contributed by atoms with Crippen LogP contribution in [0.1, 0.15) is 42.8 Å². The Kier molecular flexibility index (Phi) is 5.59. The lowest BCUT2D eigenvalue weighted by molar-refractivity contribution is -0.120. The Morgan fingerprint density at radius 2 is 1.83 bits per heavy atom. The second-order valence-corrected chi connectivity index (χ2v) is 5.39. The number of hydrogen-bond donors (Lipinski definition) is 2. The minimum Gasteiger partial charge on any atom is -0.423 e. The number of Topliss-reactive ketones (excluding diaryl/α,β-unsaturated/α-hetero) is 1. The molecule has 0 radical (unpaired) electrons. The number of ketones is 1. The van der Waals surface area contributed by atoms with Gasteiger partial charge in [-0.1, -0.05) is 24.3 Å². The molecule has 0 spiro atoms. The van der Waals surface area contributed by atoms with Crippen LogP contribution in [0.3, 0.4) is 0 Å². The van der Waals surface area contributed by atoms with Crippen LogP contribution in [-0.4, -0.2) is 21.9 Å². The van der Waals surface area contributed by atoms with Crippen molar-refractivity contribution in [1.29, 1.82) is 0 Å². The van der Waals surface area contributed by atoms with Crippen molar-refractivity contribution in [3.8, 4) is 0 Å². The van der Waals surface area contributed by atoms with Gasteiger partial charge >= 0.3 is 0 Å². The van der Waals surface area contributed by atoms with Gasteiger partial charge in [0.15, 0.2) is 0 Å². The van der Waals surface area contributed by atoms with E-state index in [-0.39, 0.29) is 24.0 Å². The highest BCUT2D eigenvalue weighted by atomic mass is 16.4. The van der Waals surface area contributed by atoms with Gasteiger partial charge in [0.2, 0.25) is 17.7 Å². The molecule has 7 heteroatoms. The van der Waals surface area contributed by atoms with Crippen molar-refractivity contribution in [3.05, 3.63) is 47.2 Å². The van der Waals surface area contributed by atoms with Crippen molar-refractivity contribution in [2.75, 3.05) is 0 Å². The lowest BCUT2D eigenvalue weighted by Gasteiger charge is -2.14. The summed E-state index contributed by atoms with van der Waals surface area (Å²) in [6.45, 7) is 3.36. The van der Waals surface area contributed by atoms with Crippen LogP contribution in [0.4, 0.5) is 0 Å². The molecule has 0 bridgehead atoms. The van der Waals surface area contributed by atoms with Gasteiger partial charge in [0.1, 0.15) is 11.8 Å². The molecule has 1 amide bonds. The van der Waals surface area contributed by atoms with Gasteiger partial charge in [-0.05, 0) is 18.1 Å². The molecule has 7 nitrogen and oxygen atoms in total. The zero-order chi connectivity index (χ0) is 16.8. The first-order valence-corrected chi connectivity index (χ1v) is 7.34. The van der Waals surface area contributed by atoms with E-state index in [0.717, 1.165) is 11.1 Å². The average molecular weight is 316 g/mol. The van der Waals surface area contributed by atoms with Crippen LogP contribution in [0.15, 0.2) is 28.7 Å². The number of carbonyl (C=O) groups excluding carboxylic acids is 2. The molecule has 1 atom stereocenters. The van der Waals surface area contributed by atoms with E-state index in [1.165, 1.54) is 13.8 Å². The largest absolute Gasteiger partial charge is 0.423 e. The molecular weight excluding hydrogens is 296 g/mol. The average Bonchev–Trinajstić information content (AvgIpc) is 2.94. The SMILES string of the molecule is CC(=O)Cc1nnc([C@H](Cc2ccc(CN)cc2)NC(C)=O)o1. The van der Waals surface area contributed by atoms with Crippen LogP contribution < -0.4 is 11.1 Å². The highest BCUT2D eigenvalue weighted by Crippen LogP contribution is 2.18. The number of aromatic nitrogens is 2. The zero-order valence-corrected chi connectivity index (χ0v) is 13.2. The summed E-state index contributed by atoms with van der Waals surface area (Å²) in [5, 5.41) is 10.6. The quantitative estimate of drug-likeness (QED) is 0.790. The molecule has 3 N–H and O–H groups in total. The Bertz CT molecular complexity index is 679. The van der Waals surface area contributed by atoms with Crippen LogP contribution in [0.2, 0.25) is 0 Å². The predicted molar refractivity (Wildman–Crippen MR) is 83.3 cm³/mol. The minimum absolute atomic E-state index is 0.0614. The van der Waals surface area contributed by atoms with E-state index in [4.69, 9.17) is 10.2 Å². The molecule has 2 aromatic rings. The second kappa shape index (κ2) is 7.64. The van der Waals surface area contributed by atoms with Gasteiger partial charge < -0.3 is 15.5 Å². The number of amides is 1. The molecular formula is C16H20N4O3. The van der Waals surface area contributed by atoms with Gasteiger partial charge in [-0.25, -0.2) is 0 Å². The molecule has 2 rings (SSSR count). The molecule has 0 aliphatic heterocycles. The van der Waals surface area contributed by atoms with Gasteiger partial charge in [0.25, 0.3) is 0 Å². The van der Waals surface area contributed by atoms with Crippen LogP contribution in [-0.2, 0) is 29.0 Å². The molecule has 0 saturated carbocycles. The highest BCUT2D eigenvalue weighted by Gasteiger charge is 2.20. The van der Waals surface area contributed by atoms with E-state index in [2.05, 4.69) is 15.5 Å². The number of nitrogens with zero attached hydrogens (tertiary/aromatic N) is 2. The maximum Gasteiger partial charge on any atom is 0.239 e. The highest BCUT2D eigenvalue weighted by molar-refractivity contribution is 5.77. The minimum atomic E-state index is -0.440. The summed E-state index contributed by atoms with van der Waals surface area (Å²) in [4.78, 5) is 22.5. The fourth-order valence-electron chi connectivity index (χ4n) is 2.18. The topological polar surface area (TPSA) is 111 Å². The van der Waals surface area contributed by atoms with E-state index in [1.807, 2.05) is 24.3 Å². The van der Waals surface area contributed by atoms with Crippen molar-refractivity contribution < 1.29 is 14.0 Å². The molecule has 1 heterocycles. The zero-order valence-electron chi connectivity index (χ0n) is 13.2. The summed E-state index contributed by atoms with van der Waals surface area (Å²) in [7, 11) is 0. The van der Waals surface area contributed by atoms with Gasteiger partial charge in [-0.3, -0.25) is 9.59 Å². The summed E-state index contributed by atoms with van der Waals surface area (Å²) in [5.41, 5.74) is 7.62. The predicted octanol–water partition coefficient (Wildman–Crippen LogP) is 1.08. The van der Waals surface area contributed by atoms with E-state index in [1.54, 1.807) is 0 Å². The normalized spacial score (nSPS) is 12.0. The molecule has 122 valence electrons. The Balaban J connectivity index is 2.16. The summed E-state index contributed by atoms with van der Waals surface area (Å²) >= 11 is 0. The van der Waals surface area contributed by atoms with E-state index < -0.39 is 6.04 Å². The van der Waals surface area contributed by atoms with E-state index in [0.29, 0.717) is 18.9 Å². The molecule has 0 aliphatic carbocycles. The van der Waals surface area contributed by atoms with Crippen LogP contribution >= 0.6 is 0 Å². The lowest BCUT2D eigenvalue weighted by atomic mass is 10.0. The number of benzene rings is 1. The first kappa shape index (κ1) is 16.8. The maximum atomic E-state index is 11.4. The summed E-state index contributed by atoms with van der Waals surface area (Å²) < 4.78 is 5.50.